The summed E-state index contributed by atoms with van der Waals surface area (Å²) >= 11 is 0. The third-order valence-electron chi connectivity index (χ3n) is 3.37. The molecular weight excluding hydrogens is 276 g/mol. The average Bonchev–Trinajstić information content (AvgIpc) is 3.05. The van der Waals surface area contributed by atoms with Gasteiger partial charge in [-0.15, -0.1) is 0 Å². The van der Waals surface area contributed by atoms with Crippen LogP contribution in [0.5, 0.6) is 5.75 Å². The van der Waals surface area contributed by atoms with Gasteiger partial charge in [0, 0.05) is 24.5 Å². The highest BCUT2D eigenvalue weighted by Gasteiger charge is 2.05. The van der Waals surface area contributed by atoms with Crippen LogP contribution in [-0.2, 0) is 13.1 Å². The van der Waals surface area contributed by atoms with Gasteiger partial charge in [-0.2, -0.15) is 0 Å². The summed E-state index contributed by atoms with van der Waals surface area (Å²) in [5.41, 5.74) is 2.17. The van der Waals surface area contributed by atoms with Gasteiger partial charge in [0.1, 0.15) is 17.3 Å². The molecule has 0 fully saturated rings. The highest BCUT2D eigenvalue weighted by atomic mass is 16.5. The van der Waals surface area contributed by atoms with Gasteiger partial charge in [-0.1, -0.05) is 18.2 Å². The monoisotopic (exact) mass is 294 g/mol. The minimum Gasteiger partial charge on any atom is -0.497 e. The maximum atomic E-state index is 5.87. The molecule has 0 unspecified atom stereocenters. The highest BCUT2D eigenvalue weighted by molar-refractivity contribution is 5.59. The van der Waals surface area contributed by atoms with Crippen molar-refractivity contribution < 1.29 is 9.15 Å². The Morgan fingerprint density at radius 2 is 2.05 bits per heavy atom. The Morgan fingerprint density at radius 3 is 2.86 bits per heavy atom. The number of ether oxygens (including phenoxy) is 1. The summed E-state index contributed by atoms with van der Waals surface area (Å²) in [5.74, 6) is 2.57. The van der Waals surface area contributed by atoms with Crippen molar-refractivity contribution in [1.29, 1.82) is 0 Å². The number of nitrogens with one attached hydrogen (secondary N) is 1. The molecule has 1 N–H and O–H groups in total. The Kier molecular flexibility index (Phi) is 4.51. The van der Waals surface area contributed by atoms with Crippen LogP contribution in [0.2, 0.25) is 0 Å². The number of methoxy groups -OCH3 is 1. The first kappa shape index (κ1) is 14.4. The molecule has 22 heavy (non-hydrogen) atoms. The van der Waals surface area contributed by atoms with E-state index in [1.807, 2.05) is 54.7 Å². The second-order valence-corrected chi connectivity index (χ2v) is 4.96. The molecule has 0 aliphatic heterocycles. The first-order valence-corrected chi connectivity index (χ1v) is 7.18. The van der Waals surface area contributed by atoms with Gasteiger partial charge in [-0.3, -0.25) is 4.98 Å². The van der Waals surface area contributed by atoms with Crippen LogP contribution in [0.25, 0.3) is 11.3 Å². The van der Waals surface area contributed by atoms with Crippen LogP contribution in [0.3, 0.4) is 0 Å². The first-order valence-electron chi connectivity index (χ1n) is 7.18. The van der Waals surface area contributed by atoms with Crippen LogP contribution in [-0.4, -0.2) is 12.1 Å². The third kappa shape index (κ3) is 3.54. The van der Waals surface area contributed by atoms with Crippen molar-refractivity contribution >= 4 is 0 Å². The molecule has 0 aliphatic rings. The van der Waals surface area contributed by atoms with Crippen molar-refractivity contribution in [2.45, 2.75) is 13.1 Å². The Morgan fingerprint density at radius 1 is 1.09 bits per heavy atom. The van der Waals surface area contributed by atoms with Crippen LogP contribution in [0.15, 0.2) is 65.3 Å². The van der Waals surface area contributed by atoms with Crippen molar-refractivity contribution in [3.8, 4) is 17.1 Å². The molecule has 0 saturated heterocycles. The lowest BCUT2D eigenvalue weighted by Gasteiger charge is -2.03. The molecule has 2 aromatic heterocycles. The van der Waals surface area contributed by atoms with Gasteiger partial charge >= 0.3 is 0 Å². The lowest BCUT2D eigenvalue weighted by atomic mass is 10.2. The largest absolute Gasteiger partial charge is 0.497 e. The van der Waals surface area contributed by atoms with Gasteiger partial charge in [0.15, 0.2) is 0 Å². The van der Waals surface area contributed by atoms with Gasteiger partial charge in [0.25, 0.3) is 0 Å². The molecule has 3 rings (SSSR count). The van der Waals surface area contributed by atoms with Crippen molar-refractivity contribution in [3.63, 3.8) is 0 Å². The molecule has 0 aliphatic carbocycles. The van der Waals surface area contributed by atoms with Crippen LogP contribution < -0.4 is 10.1 Å². The van der Waals surface area contributed by atoms with E-state index in [1.54, 1.807) is 13.3 Å². The number of aromatic nitrogens is 1. The molecule has 4 heteroatoms. The fraction of sp³-hybridized carbons (Fsp3) is 0.167. The molecule has 0 amide bonds. The smallest absolute Gasteiger partial charge is 0.134 e. The summed E-state index contributed by atoms with van der Waals surface area (Å²) in [6.07, 6.45) is 3.63. The topological polar surface area (TPSA) is 47.3 Å². The van der Waals surface area contributed by atoms with Crippen LogP contribution in [0.1, 0.15) is 11.3 Å². The zero-order valence-corrected chi connectivity index (χ0v) is 12.5. The van der Waals surface area contributed by atoms with E-state index < -0.39 is 0 Å². The molecule has 1 aromatic carbocycles. The Labute approximate surface area is 129 Å². The first-order chi connectivity index (χ1) is 10.8. The fourth-order valence-corrected chi connectivity index (χ4v) is 2.24. The number of furan rings is 1. The summed E-state index contributed by atoms with van der Waals surface area (Å²) in [5, 5.41) is 3.35. The predicted molar refractivity (Wildman–Crippen MR) is 85.5 cm³/mol. The summed E-state index contributed by atoms with van der Waals surface area (Å²) in [6, 6.07) is 15.8. The molecule has 0 atom stereocenters. The molecule has 2 heterocycles. The number of hydrogen-bond acceptors (Lipinski definition) is 4. The summed E-state index contributed by atoms with van der Waals surface area (Å²) < 4.78 is 11.1. The number of benzene rings is 1. The molecule has 0 radical (unpaired) electrons. The van der Waals surface area contributed by atoms with E-state index in [0.717, 1.165) is 34.9 Å². The Hall–Kier alpha value is -2.59. The van der Waals surface area contributed by atoms with E-state index in [1.165, 1.54) is 0 Å². The third-order valence-corrected chi connectivity index (χ3v) is 3.37. The van der Waals surface area contributed by atoms with Gasteiger partial charge in [0.05, 0.1) is 13.7 Å². The molecular formula is C18H18N2O2. The number of rotatable bonds is 6. The van der Waals surface area contributed by atoms with E-state index >= 15 is 0 Å². The minimum atomic E-state index is 0.679. The zero-order valence-electron chi connectivity index (χ0n) is 12.5. The van der Waals surface area contributed by atoms with Crippen molar-refractivity contribution in [2.24, 2.45) is 0 Å². The van der Waals surface area contributed by atoms with E-state index in [-0.39, 0.29) is 0 Å². The standard InChI is InChI=1S/C18H18N2O2/c1-21-16-6-2-5-15(10-16)18-8-7-17(22-18)13-20-12-14-4-3-9-19-11-14/h2-11,20H,12-13H2,1H3. The molecule has 3 aromatic rings. The van der Waals surface area contributed by atoms with Gasteiger partial charge in [-0.25, -0.2) is 0 Å². The Balaban J connectivity index is 1.61. The second kappa shape index (κ2) is 6.91. The maximum Gasteiger partial charge on any atom is 0.134 e. The van der Waals surface area contributed by atoms with E-state index in [2.05, 4.69) is 10.3 Å². The number of hydrogen-bond donors (Lipinski definition) is 1. The molecule has 0 saturated carbocycles. The second-order valence-electron chi connectivity index (χ2n) is 4.96. The number of nitrogens with zero attached hydrogens (tertiary/aromatic N) is 1. The summed E-state index contributed by atoms with van der Waals surface area (Å²) in [6.45, 7) is 1.45. The van der Waals surface area contributed by atoms with Crippen molar-refractivity contribution in [1.82, 2.24) is 10.3 Å². The normalized spacial score (nSPS) is 10.6. The molecule has 112 valence electrons. The van der Waals surface area contributed by atoms with E-state index in [9.17, 15) is 0 Å². The quantitative estimate of drug-likeness (QED) is 0.754. The van der Waals surface area contributed by atoms with Gasteiger partial charge < -0.3 is 14.5 Å². The molecule has 0 spiro atoms. The van der Waals surface area contributed by atoms with Gasteiger partial charge in [-0.05, 0) is 35.9 Å². The van der Waals surface area contributed by atoms with Crippen LogP contribution in [0, 0.1) is 0 Å². The predicted octanol–water partition coefficient (Wildman–Crippen LogP) is 3.64. The van der Waals surface area contributed by atoms with Crippen molar-refractivity contribution in [3.05, 3.63) is 72.2 Å². The van der Waals surface area contributed by atoms with Crippen LogP contribution >= 0.6 is 0 Å². The number of pyridine rings is 1. The lowest BCUT2D eigenvalue weighted by Crippen LogP contribution is -2.12. The highest BCUT2D eigenvalue weighted by Crippen LogP contribution is 2.25. The maximum absolute atomic E-state index is 5.87. The summed E-state index contributed by atoms with van der Waals surface area (Å²) in [4.78, 5) is 4.10. The molecule has 4 nitrogen and oxygen atoms in total. The molecule has 0 bridgehead atoms. The van der Waals surface area contributed by atoms with Gasteiger partial charge in [0.2, 0.25) is 0 Å². The minimum absolute atomic E-state index is 0.679. The zero-order chi connectivity index (χ0) is 15.2. The van der Waals surface area contributed by atoms with E-state index in [0.29, 0.717) is 6.54 Å². The fourth-order valence-electron chi connectivity index (χ4n) is 2.24. The average molecular weight is 294 g/mol. The lowest BCUT2D eigenvalue weighted by molar-refractivity contribution is 0.414. The Bertz CT molecular complexity index is 723. The van der Waals surface area contributed by atoms with Crippen molar-refractivity contribution in [2.75, 3.05) is 7.11 Å². The SMILES string of the molecule is COc1cccc(-c2ccc(CNCc3cccnc3)o2)c1. The van der Waals surface area contributed by atoms with E-state index in [4.69, 9.17) is 9.15 Å². The summed E-state index contributed by atoms with van der Waals surface area (Å²) in [7, 11) is 1.66. The van der Waals surface area contributed by atoms with Crippen LogP contribution in [0.4, 0.5) is 0 Å².